The molecule has 8 nitrogen and oxygen atoms in total. The van der Waals surface area contributed by atoms with E-state index in [1.54, 1.807) is 29.3 Å². The Morgan fingerprint density at radius 1 is 1.42 bits per heavy atom. The van der Waals surface area contributed by atoms with Crippen molar-refractivity contribution in [3.8, 4) is 0 Å². The second-order valence-electron chi connectivity index (χ2n) is 4.14. The molecule has 0 fully saturated rings. The number of nitrogens with zero attached hydrogens (tertiary/aromatic N) is 6. The third-order valence-electron chi connectivity index (χ3n) is 2.83. The van der Waals surface area contributed by atoms with Crippen molar-refractivity contribution in [2.45, 2.75) is 26.8 Å². The van der Waals surface area contributed by atoms with Gasteiger partial charge < -0.3 is 9.30 Å². The van der Waals surface area contributed by atoms with Crippen molar-refractivity contribution in [3.05, 3.63) is 23.8 Å². The van der Waals surface area contributed by atoms with Crippen LogP contribution in [0, 0.1) is 6.92 Å². The number of carbonyl (C=O) groups is 1. The van der Waals surface area contributed by atoms with Gasteiger partial charge in [0.05, 0.1) is 12.6 Å². The second-order valence-corrected chi connectivity index (χ2v) is 4.14. The van der Waals surface area contributed by atoms with Gasteiger partial charge in [-0.15, -0.1) is 20.4 Å². The first-order valence-corrected chi connectivity index (χ1v) is 5.98. The number of carbonyl (C=O) groups excluding carboxylic acids is 1. The topological polar surface area (TPSA) is 87.7 Å². The summed E-state index contributed by atoms with van der Waals surface area (Å²) >= 11 is 0. The predicted molar refractivity (Wildman–Crippen MR) is 65.5 cm³/mol. The van der Waals surface area contributed by atoms with E-state index in [2.05, 4.69) is 20.4 Å². The zero-order valence-corrected chi connectivity index (χ0v) is 11.4. The molecule has 0 spiro atoms. The molecule has 2 aromatic heterocycles. The summed E-state index contributed by atoms with van der Waals surface area (Å²) < 4.78 is 8.46. The molecule has 0 saturated carbocycles. The third-order valence-corrected chi connectivity index (χ3v) is 2.83. The molecule has 0 aliphatic carbocycles. The fraction of sp³-hybridized carbons (Fsp3) is 0.545. The molecule has 2 heterocycles. The fourth-order valence-electron chi connectivity index (χ4n) is 1.95. The van der Waals surface area contributed by atoms with Crippen molar-refractivity contribution in [1.29, 1.82) is 0 Å². The average Bonchev–Trinajstić information content (AvgIpc) is 2.95. The average molecular weight is 264 g/mol. The summed E-state index contributed by atoms with van der Waals surface area (Å²) in [5.41, 5.74) is 0. The standard InChI is InChI=1S/C11H16N6O2/c1-5-19-11(18)10-15-13-8(3)17(10)7(2)9-14-12-6-16(9)4/h6-7H,5H2,1-4H3. The van der Waals surface area contributed by atoms with Crippen LogP contribution >= 0.6 is 0 Å². The van der Waals surface area contributed by atoms with Crippen LogP contribution in [0.5, 0.6) is 0 Å². The Labute approximate surface area is 110 Å². The lowest BCUT2D eigenvalue weighted by molar-refractivity contribution is 0.0504. The van der Waals surface area contributed by atoms with Crippen LogP contribution in [0.2, 0.25) is 0 Å². The summed E-state index contributed by atoms with van der Waals surface area (Å²) in [7, 11) is 1.84. The number of rotatable bonds is 4. The molecule has 0 saturated heterocycles. The van der Waals surface area contributed by atoms with E-state index in [0.717, 1.165) is 0 Å². The molecule has 0 N–H and O–H groups in total. The quantitative estimate of drug-likeness (QED) is 0.747. The summed E-state index contributed by atoms with van der Waals surface area (Å²) in [4.78, 5) is 11.8. The number of aryl methyl sites for hydroxylation is 2. The van der Waals surface area contributed by atoms with E-state index in [4.69, 9.17) is 4.74 Å². The van der Waals surface area contributed by atoms with Crippen molar-refractivity contribution < 1.29 is 9.53 Å². The van der Waals surface area contributed by atoms with Crippen molar-refractivity contribution in [2.75, 3.05) is 6.61 Å². The van der Waals surface area contributed by atoms with Crippen LogP contribution in [0.15, 0.2) is 6.33 Å². The van der Waals surface area contributed by atoms with Crippen molar-refractivity contribution in [2.24, 2.45) is 7.05 Å². The molecule has 0 radical (unpaired) electrons. The summed E-state index contributed by atoms with van der Waals surface area (Å²) in [6, 6.07) is -0.207. The molecule has 8 heteroatoms. The monoisotopic (exact) mass is 264 g/mol. The Morgan fingerprint density at radius 2 is 2.16 bits per heavy atom. The smallest absolute Gasteiger partial charge is 0.376 e. The van der Waals surface area contributed by atoms with Crippen LogP contribution in [0.4, 0.5) is 0 Å². The second kappa shape index (κ2) is 5.17. The lowest BCUT2D eigenvalue weighted by Crippen LogP contribution is -2.20. The van der Waals surface area contributed by atoms with Gasteiger partial charge in [0.1, 0.15) is 12.2 Å². The fourth-order valence-corrected chi connectivity index (χ4v) is 1.95. The van der Waals surface area contributed by atoms with E-state index in [9.17, 15) is 4.79 Å². The number of hydrogen-bond donors (Lipinski definition) is 0. The van der Waals surface area contributed by atoms with Gasteiger partial charge in [-0.1, -0.05) is 0 Å². The first-order chi connectivity index (χ1) is 9.06. The predicted octanol–water partition coefficient (Wildman–Crippen LogP) is 0.501. The van der Waals surface area contributed by atoms with E-state index in [0.29, 0.717) is 18.3 Å². The third kappa shape index (κ3) is 2.33. The van der Waals surface area contributed by atoms with E-state index in [-0.39, 0.29) is 11.9 Å². The summed E-state index contributed by atoms with van der Waals surface area (Å²) in [6.45, 7) is 5.73. The minimum atomic E-state index is -0.489. The van der Waals surface area contributed by atoms with Gasteiger partial charge in [0.15, 0.2) is 5.82 Å². The van der Waals surface area contributed by atoms with Crippen LogP contribution in [0.1, 0.15) is 42.2 Å². The molecule has 0 aliphatic rings. The minimum absolute atomic E-state index is 0.176. The number of hydrogen-bond acceptors (Lipinski definition) is 6. The molecule has 2 rings (SSSR count). The molecule has 102 valence electrons. The summed E-state index contributed by atoms with van der Waals surface area (Å²) in [5, 5.41) is 15.7. The molecule has 0 aliphatic heterocycles. The molecule has 1 atom stereocenters. The molecule has 0 aromatic carbocycles. The Morgan fingerprint density at radius 3 is 2.74 bits per heavy atom. The highest BCUT2D eigenvalue weighted by Gasteiger charge is 2.24. The molecule has 0 amide bonds. The maximum absolute atomic E-state index is 11.8. The van der Waals surface area contributed by atoms with Crippen LogP contribution < -0.4 is 0 Å². The van der Waals surface area contributed by atoms with E-state index in [1.165, 1.54) is 0 Å². The lowest BCUT2D eigenvalue weighted by atomic mass is 10.3. The molecular weight excluding hydrogens is 248 g/mol. The number of esters is 1. The summed E-state index contributed by atoms with van der Waals surface area (Å²) in [6.07, 6.45) is 1.61. The summed E-state index contributed by atoms with van der Waals surface area (Å²) in [5.74, 6) is 1.03. The highest BCUT2D eigenvalue weighted by atomic mass is 16.5. The molecule has 19 heavy (non-hydrogen) atoms. The van der Waals surface area contributed by atoms with Gasteiger partial charge >= 0.3 is 5.97 Å². The lowest BCUT2D eigenvalue weighted by Gasteiger charge is -2.15. The van der Waals surface area contributed by atoms with Gasteiger partial charge in [-0.2, -0.15) is 0 Å². The normalized spacial score (nSPS) is 12.4. The van der Waals surface area contributed by atoms with Crippen molar-refractivity contribution in [3.63, 3.8) is 0 Å². The first-order valence-electron chi connectivity index (χ1n) is 5.98. The van der Waals surface area contributed by atoms with Crippen LogP contribution in [0.25, 0.3) is 0 Å². The number of ether oxygens (including phenoxy) is 1. The zero-order chi connectivity index (χ0) is 14.0. The van der Waals surface area contributed by atoms with E-state index < -0.39 is 5.97 Å². The van der Waals surface area contributed by atoms with Gasteiger partial charge in [-0.3, -0.25) is 4.57 Å². The van der Waals surface area contributed by atoms with Gasteiger partial charge in [-0.25, -0.2) is 4.79 Å². The molecule has 2 aromatic rings. The van der Waals surface area contributed by atoms with E-state index >= 15 is 0 Å². The van der Waals surface area contributed by atoms with Gasteiger partial charge in [0.25, 0.3) is 0 Å². The molecular formula is C11H16N6O2. The Hall–Kier alpha value is -2.25. The maximum Gasteiger partial charge on any atom is 0.376 e. The van der Waals surface area contributed by atoms with Crippen LogP contribution in [0.3, 0.4) is 0 Å². The maximum atomic E-state index is 11.8. The van der Waals surface area contributed by atoms with Gasteiger partial charge in [0, 0.05) is 7.05 Å². The van der Waals surface area contributed by atoms with Crippen LogP contribution in [-0.2, 0) is 11.8 Å². The highest BCUT2D eigenvalue weighted by molar-refractivity contribution is 5.85. The Bertz CT molecular complexity index is 588. The minimum Gasteiger partial charge on any atom is -0.460 e. The Balaban J connectivity index is 2.42. The van der Waals surface area contributed by atoms with Crippen LogP contribution in [-0.4, -0.2) is 42.1 Å². The molecule has 0 bridgehead atoms. The zero-order valence-electron chi connectivity index (χ0n) is 11.4. The van der Waals surface area contributed by atoms with Crippen molar-refractivity contribution >= 4 is 5.97 Å². The highest BCUT2D eigenvalue weighted by Crippen LogP contribution is 2.18. The molecule has 1 unspecified atom stereocenters. The van der Waals surface area contributed by atoms with Gasteiger partial charge in [0.2, 0.25) is 5.82 Å². The Kier molecular flexibility index (Phi) is 3.59. The first kappa shape index (κ1) is 13.2. The largest absolute Gasteiger partial charge is 0.460 e. The van der Waals surface area contributed by atoms with Gasteiger partial charge in [-0.05, 0) is 20.8 Å². The van der Waals surface area contributed by atoms with Crippen molar-refractivity contribution in [1.82, 2.24) is 29.5 Å². The SMILES string of the molecule is CCOC(=O)c1nnc(C)n1C(C)c1nncn1C. The van der Waals surface area contributed by atoms with E-state index in [1.807, 2.05) is 14.0 Å². The number of aromatic nitrogens is 6.